The Labute approximate surface area is 130 Å². The second-order valence-corrected chi connectivity index (χ2v) is 5.72. The molecule has 2 amide bonds. The lowest BCUT2D eigenvalue weighted by Crippen LogP contribution is -2.32. The number of hydrogen-bond acceptors (Lipinski definition) is 4. The fourth-order valence-electron chi connectivity index (χ4n) is 1.60. The smallest absolute Gasteiger partial charge is 0.407 e. The highest BCUT2D eigenvalue weighted by Crippen LogP contribution is 2.08. The van der Waals surface area contributed by atoms with Crippen LogP contribution in [0.4, 0.5) is 4.79 Å². The number of nitrogens with zero attached hydrogens (tertiary/aromatic N) is 1. The van der Waals surface area contributed by atoms with Gasteiger partial charge in [-0.3, -0.25) is 4.79 Å². The van der Waals surface area contributed by atoms with E-state index in [2.05, 4.69) is 10.6 Å². The molecule has 0 aliphatic rings. The van der Waals surface area contributed by atoms with Crippen molar-refractivity contribution >= 4 is 12.0 Å². The van der Waals surface area contributed by atoms with E-state index in [4.69, 9.17) is 10.00 Å². The van der Waals surface area contributed by atoms with Gasteiger partial charge in [-0.25, -0.2) is 4.79 Å². The second-order valence-electron chi connectivity index (χ2n) is 5.72. The Morgan fingerprint density at radius 3 is 2.36 bits per heavy atom. The van der Waals surface area contributed by atoms with E-state index in [9.17, 15) is 9.59 Å². The molecule has 2 N–H and O–H groups in total. The molecule has 6 heteroatoms. The van der Waals surface area contributed by atoms with E-state index in [1.54, 1.807) is 45.0 Å². The average Bonchev–Trinajstić information content (AvgIpc) is 2.44. The van der Waals surface area contributed by atoms with Crippen LogP contribution >= 0.6 is 0 Å². The number of ether oxygens (including phenoxy) is 1. The molecule has 22 heavy (non-hydrogen) atoms. The molecule has 0 aromatic heterocycles. The first-order valence-corrected chi connectivity index (χ1v) is 7.03. The Hall–Kier alpha value is -2.55. The minimum Gasteiger partial charge on any atom is -0.444 e. The molecule has 0 saturated carbocycles. The molecule has 0 bridgehead atoms. The van der Waals surface area contributed by atoms with Crippen LogP contribution in [0.5, 0.6) is 0 Å². The molecule has 0 fully saturated rings. The number of nitriles is 1. The first-order chi connectivity index (χ1) is 10.3. The predicted octanol–water partition coefficient (Wildman–Crippen LogP) is 2.35. The average molecular weight is 303 g/mol. The molecule has 0 aliphatic carbocycles. The van der Waals surface area contributed by atoms with Crippen molar-refractivity contribution in [2.24, 2.45) is 0 Å². The molecule has 0 atom stereocenters. The molecule has 118 valence electrons. The highest BCUT2D eigenvalue weighted by molar-refractivity contribution is 5.94. The Morgan fingerprint density at radius 2 is 1.82 bits per heavy atom. The van der Waals surface area contributed by atoms with Gasteiger partial charge in [0.05, 0.1) is 12.5 Å². The van der Waals surface area contributed by atoms with Gasteiger partial charge in [0, 0.05) is 18.7 Å². The quantitative estimate of drug-likeness (QED) is 0.817. The van der Waals surface area contributed by atoms with Crippen LogP contribution in [0, 0.1) is 11.3 Å². The highest BCUT2D eigenvalue weighted by atomic mass is 16.6. The summed E-state index contributed by atoms with van der Waals surface area (Å²) in [5.74, 6) is -0.220. The third-order valence-corrected chi connectivity index (χ3v) is 2.57. The molecule has 6 nitrogen and oxygen atoms in total. The molecular weight excluding hydrogens is 282 g/mol. The summed E-state index contributed by atoms with van der Waals surface area (Å²) >= 11 is 0. The molecule has 0 saturated heterocycles. The van der Waals surface area contributed by atoms with Crippen LogP contribution in [0.3, 0.4) is 0 Å². The number of nitrogens with one attached hydrogen (secondary N) is 2. The third-order valence-electron chi connectivity index (χ3n) is 2.57. The van der Waals surface area contributed by atoms with E-state index in [-0.39, 0.29) is 12.3 Å². The van der Waals surface area contributed by atoms with E-state index in [0.717, 1.165) is 5.56 Å². The molecule has 0 radical (unpaired) electrons. The van der Waals surface area contributed by atoms with Crippen LogP contribution in [-0.4, -0.2) is 24.1 Å². The minimum atomic E-state index is -0.532. The van der Waals surface area contributed by atoms with Crippen molar-refractivity contribution < 1.29 is 14.3 Å². The second kappa shape index (κ2) is 8.03. The molecule has 0 aliphatic heterocycles. The zero-order chi connectivity index (χ0) is 16.6. The van der Waals surface area contributed by atoms with Gasteiger partial charge in [0.2, 0.25) is 0 Å². The van der Waals surface area contributed by atoms with Crippen molar-refractivity contribution in [3.63, 3.8) is 0 Å². The summed E-state index contributed by atoms with van der Waals surface area (Å²) in [6.07, 6.45) is -0.199. The number of carbonyl (C=O) groups is 2. The van der Waals surface area contributed by atoms with Crippen molar-refractivity contribution in [1.29, 1.82) is 5.26 Å². The summed E-state index contributed by atoms with van der Waals surface area (Å²) in [4.78, 5) is 23.3. The zero-order valence-electron chi connectivity index (χ0n) is 13.1. The Kier molecular flexibility index (Phi) is 6.39. The van der Waals surface area contributed by atoms with Crippen LogP contribution in [0.1, 0.15) is 43.1 Å². The Morgan fingerprint density at radius 1 is 1.18 bits per heavy atom. The molecule has 0 unspecified atom stereocenters. The van der Waals surface area contributed by atoms with Crippen molar-refractivity contribution in [3.05, 3.63) is 35.4 Å². The van der Waals surface area contributed by atoms with Gasteiger partial charge in [-0.2, -0.15) is 5.26 Å². The van der Waals surface area contributed by atoms with Crippen molar-refractivity contribution in [3.8, 4) is 6.07 Å². The molecular formula is C16H21N3O3. The van der Waals surface area contributed by atoms with Crippen LogP contribution in [0.15, 0.2) is 24.3 Å². The van der Waals surface area contributed by atoms with E-state index >= 15 is 0 Å². The Bertz CT molecular complexity index is 553. The third kappa shape index (κ3) is 6.75. The van der Waals surface area contributed by atoms with Gasteiger partial charge in [-0.1, -0.05) is 12.1 Å². The van der Waals surface area contributed by atoms with Crippen molar-refractivity contribution in [2.75, 3.05) is 6.54 Å². The fraction of sp³-hybridized carbons (Fsp3) is 0.438. The number of hydrogen-bond donors (Lipinski definition) is 2. The highest BCUT2D eigenvalue weighted by Gasteiger charge is 2.15. The maximum atomic E-state index is 11.7. The molecule has 0 spiro atoms. The summed E-state index contributed by atoms with van der Waals surface area (Å²) in [5, 5.41) is 13.7. The monoisotopic (exact) mass is 303 g/mol. The van der Waals surface area contributed by atoms with E-state index in [1.165, 1.54) is 0 Å². The van der Waals surface area contributed by atoms with E-state index in [0.29, 0.717) is 18.7 Å². The summed E-state index contributed by atoms with van der Waals surface area (Å²) in [5.41, 5.74) is 0.841. The van der Waals surface area contributed by atoms with Gasteiger partial charge in [-0.15, -0.1) is 0 Å². The van der Waals surface area contributed by atoms with Gasteiger partial charge < -0.3 is 15.4 Å². The summed E-state index contributed by atoms with van der Waals surface area (Å²) in [6, 6.07) is 8.83. The summed E-state index contributed by atoms with van der Waals surface area (Å²) in [7, 11) is 0. The standard InChI is InChI=1S/C16H21N3O3/c1-16(2,3)22-15(21)19-11-12-5-7-13(8-6-12)14(20)18-10-4-9-17/h5-8H,4,10-11H2,1-3H3,(H,18,20)(H,19,21). The van der Waals surface area contributed by atoms with E-state index < -0.39 is 11.7 Å². The van der Waals surface area contributed by atoms with Crippen molar-refractivity contribution in [2.45, 2.75) is 39.3 Å². The molecule has 1 aromatic rings. The predicted molar refractivity (Wildman–Crippen MR) is 82.1 cm³/mol. The minimum absolute atomic E-state index is 0.220. The van der Waals surface area contributed by atoms with Gasteiger partial charge in [0.1, 0.15) is 5.60 Å². The van der Waals surface area contributed by atoms with Crippen LogP contribution in [0.25, 0.3) is 0 Å². The van der Waals surface area contributed by atoms with E-state index in [1.807, 2.05) is 6.07 Å². The topological polar surface area (TPSA) is 91.2 Å². The number of amides is 2. The zero-order valence-corrected chi connectivity index (χ0v) is 13.1. The first kappa shape index (κ1) is 17.5. The lowest BCUT2D eigenvalue weighted by atomic mass is 10.1. The lowest BCUT2D eigenvalue weighted by Gasteiger charge is -2.19. The normalized spacial score (nSPS) is 10.5. The molecule has 1 aromatic carbocycles. The van der Waals surface area contributed by atoms with Gasteiger partial charge >= 0.3 is 6.09 Å². The lowest BCUT2D eigenvalue weighted by molar-refractivity contribution is 0.0523. The number of benzene rings is 1. The van der Waals surface area contributed by atoms with Gasteiger partial charge in [-0.05, 0) is 38.5 Å². The number of alkyl carbamates (subject to hydrolysis) is 1. The number of rotatable bonds is 5. The summed E-state index contributed by atoms with van der Waals surface area (Å²) < 4.78 is 5.14. The van der Waals surface area contributed by atoms with Crippen LogP contribution in [-0.2, 0) is 11.3 Å². The van der Waals surface area contributed by atoms with Crippen LogP contribution < -0.4 is 10.6 Å². The first-order valence-electron chi connectivity index (χ1n) is 7.03. The van der Waals surface area contributed by atoms with Gasteiger partial charge in [0.15, 0.2) is 0 Å². The Balaban J connectivity index is 2.47. The maximum absolute atomic E-state index is 11.7. The largest absolute Gasteiger partial charge is 0.444 e. The van der Waals surface area contributed by atoms with Gasteiger partial charge in [0.25, 0.3) is 5.91 Å². The van der Waals surface area contributed by atoms with Crippen LogP contribution in [0.2, 0.25) is 0 Å². The number of carbonyl (C=O) groups excluding carboxylic acids is 2. The van der Waals surface area contributed by atoms with Crippen molar-refractivity contribution in [1.82, 2.24) is 10.6 Å². The molecule has 1 rings (SSSR count). The fourth-order valence-corrected chi connectivity index (χ4v) is 1.60. The molecule has 0 heterocycles. The maximum Gasteiger partial charge on any atom is 0.407 e. The summed E-state index contributed by atoms with van der Waals surface area (Å²) in [6.45, 7) is 6.05. The SMILES string of the molecule is CC(C)(C)OC(=O)NCc1ccc(C(=O)NCCC#N)cc1.